The average molecular weight is 299 g/mol. The quantitative estimate of drug-likeness (QED) is 0.758. The third-order valence-electron chi connectivity index (χ3n) is 2.65. The zero-order chi connectivity index (χ0) is 14.0. The van der Waals surface area contributed by atoms with Crippen molar-refractivity contribution in [1.29, 1.82) is 0 Å². The molecule has 0 spiro atoms. The van der Waals surface area contributed by atoms with Crippen molar-refractivity contribution in [2.75, 3.05) is 7.11 Å². The molecule has 0 aliphatic carbocycles. The van der Waals surface area contributed by atoms with Gasteiger partial charge in [0.25, 0.3) is 0 Å². The molecule has 2 nitrogen and oxygen atoms in total. The molecule has 0 saturated heterocycles. The van der Waals surface area contributed by atoms with E-state index in [1.165, 1.54) is 19.2 Å². The van der Waals surface area contributed by atoms with Gasteiger partial charge in [0.1, 0.15) is 5.82 Å². The molecule has 5 heteroatoms. The van der Waals surface area contributed by atoms with Crippen LogP contribution in [0.4, 0.5) is 4.39 Å². The largest absolute Gasteiger partial charge is 0.465 e. The van der Waals surface area contributed by atoms with Gasteiger partial charge >= 0.3 is 5.97 Å². The standard InChI is InChI=1S/C14H9Cl2FO2/c1-19-14(18)10-6-2-5-9(13(10)17)8-4-3-7-11(15)12(8)16/h2-7H,1H3. The minimum atomic E-state index is -0.738. The molecule has 0 fully saturated rings. The molecule has 0 heterocycles. The summed E-state index contributed by atoms with van der Waals surface area (Å²) in [6, 6.07) is 9.33. The maximum Gasteiger partial charge on any atom is 0.340 e. The molecule has 0 atom stereocenters. The minimum absolute atomic E-state index is 0.143. The van der Waals surface area contributed by atoms with Gasteiger partial charge in [0.2, 0.25) is 0 Å². The van der Waals surface area contributed by atoms with Gasteiger partial charge in [0, 0.05) is 11.1 Å². The number of halogens is 3. The van der Waals surface area contributed by atoms with E-state index < -0.39 is 11.8 Å². The highest BCUT2D eigenvalue weighted by atomic mass is 35.5. The van der Waals surface area contributed by atoms with Crippen LogP contribution in [-0.4, -0.2) is 13.1 Å². The van der Waals surface area contributed by atoms with Crippen molar-refractivity contribution >= 4 is 29.2 Å². The molecule has 0 radical (unpaired) electrons. The Bertz CT molecular complexity index is 641. The molecule has 0 saturated carbocycles. The number of benzene rings is 2. The van der Waals surface area contributed by atoms with Crippen LogP contribution in [0.15, 0.2) is 36.4 Å². The van der Waals surface area contributed by atoms with Crippen LogP contribution in [-0.2, 0) is 4.74 Å². The summed E-state index contributed by atoms with van der Waals surface area (Å²) in [6.07, 6.45) is 0. The SMILES string of the molecule is COC(=O)c1cccc(-c2cccc(Cl)c2Cl)c1F. The lowest BCUT2D eigenvalue weighted by Crippen LogP contribution is -2.05. The van der Waals surface area contributed by atoms with Crippen molar-refractivity contribution in [3.63, 3.8) is 0 Å². The van der Waals surface area contributed by atoms with Crippen LogP contribution in [0.2, 0.25) is 10.0 Å². The number of carbonyl (C=O) groups excluding carboxylic acids is 1. The summed E-state index contributed by atoms with van der Waals surface area (Å²) in [5.74, 6) is -1.42. The van der Waals surface area contributed by atoms with Crippen LogP contribution < -0.4 is 0 Å². The molecule has 0 aliphatic rings. The fraction of sp³-hybridized carbons (Fsp3) is 0.0714. The van der Waals surface area contributed by atoms with Gasteiger partial charge in [0.05, 0.1) is 22.7 Å². The van der Waals surface area contributed by atoms with Crippen molar-refractivity contribution in [1.82, 2.24) is 0 Å². The zero-order valence-corrected chi connectivity index (χ0v) is 11.4. The Morgan fingerprint density at radius 1 is 1.11 bits per heavy atom. The topological polar surface area (TPSA) is 26.3 Å². The lowest BCUT2D eigenvalue weighted by atomic mass is 10.0. The van der Waals surface area contributed by atoms with Gasteiger partial charge in [-0.25, -0.2) is 9.18 Å². The molecular weight excluding hydrogens is 290 g/mol. The second kappa shape index (κ2) is 5.59. The van der Waals surface area contributed by atoms with E-state index in [0.29, 0.717) is 10.6 Å². The van der Waals surface area contributed by atoms with Crippen molar-refractivity contribution in [2.24, 2.45) is 0 Å². The second-order valence-corrected chi connectivity index (χ2v) is 4.55. The summed E-state index contributed by atoms with van der Waals surface area (Å²) in [7, 11) is 1.20. The van der Waals surface area contributed by atoms with E-state index in [1.807, 2.05) is 0 Å². The van der Waals surface area contributed by atoms with E-state index in [0.717, 1.165) is 0 Å². The van der Waals surface area contributed by atoms with E-state index in [2.05, 4.69) is 4.74 Å². The summed E-state index contributed by atoms with van der Waals surface area (Å²) < 4.78 is 18.8. The number of hydrogen-bond donors (Lipinski definition) is 0. The molecule has 2 rings (SSSR count). The second-order valence-electron chi connectivity index (χ2n) is 3.76. The zero-order valence-electron chi connectivity index (χ0n) is 9.91. The average Bonchev–Trinajstić information content (AvgIpc) is 2.42. The van der Waals surface area contributed by atoms with Crippen LogP contribution in [0.1, 0.15) is 10.4 Å². The monoisotopic (exact) mass is 298 g/mol. The summed E-state index contributed by atoms with van der Waals surface area (Å²) >= 11 is 12.0. The first-order chi connectivity index (χ1) is 9.06. The van der Waals surface area contributed by atoms with Crippen LogP contribution >= 0.6 is 23.2 Å². The maximum absolute atomic E-state index is 14.3. The van der Waals surface area contributed by atoms with E-state index in [1.54, 1.807) is 24.3 Å². The summed E-state index contributed by atoms with van der Waals surface area (Å²) in [4.78, 5) is 11.4. The third kappa shape index (κ3) is 2.57. The number of hydrogen-bond acceptors (Lipinski definition) is 2. The van der Waals surface area contributed by atoms with Crippen LogP contribution in [0.5, 0.6) is 0 Å². The Kier molecular flexibility index (Phi) is 4.08. The normalized spacial score (nSPS) is 10.3. The van der Waals surface area contributed by atoms with Gasteiger partial charge in [-0.1, -0.05) is 47.5 Å². The van der Waals surface area contributed by atoms with Gasteiger partial charge in [-0.05, 0) is 12.1 Å². The van der Waals surface area contributed by atoms with Crippen molar-refractivity contribution in [3.05, 3.63) is 57.8 Å². The van der Waals surface area contributed by atoms with Crippen LogP contribution in [0.25, 0.3) is 11.1 Å². The molecule has 0 bridgehead atoms. The molecule has 0 amide bonds. The Labute approximate surface area is 119 Å². The molecule has 19 heavy (non-hydrogen) atoms. The Morgan fingerprint density at radius 2 is 1.74 bits per heavy atom. The third-order valence-corrected chi connectivity index (χ3v) is 3.46. The highest BCUT2D eigenvalue weighted by Crippen LogP contribution is 2.35. The Hall–Kier alpha value is -1.58. The van der Waals surface area contributed by atoms with Crippen molar-refractivity contribution in [3.8, 4) is 11.1 Å². The van der Waals surface area contributed by atoms with E-state index in [4.69, 9.17) is 23.2 Å². The Balaban J connectivity index is 2.64. The molecule has 0 N–H and O–H groups in total. The van der Waals surface area contributed by atoms with Gasteiger partial charge < -0.3 is 4.74 Å². The number of rotatable bonds is 2. The molecule has 98 valence electrons. The van der Waals surface area contributed by atoms with Crippen LogP contribution in [0.3, 0.4) is 0 Å². The van der Waals surface area contributed by atoms with E-state index in [9.17, 15) is 9.18 Å². The van der Waals surface area contributed by atoms with Gasteiger partial charge in [0.15, 0.2) is 0 Å². The number of esters is 1. The van der Waals surface area contributed by atoms with E-state index >= 15 is 0 Å². The molecule has 0 unspecified atom stereocenters. The highest BCUT2D eigenvalue weighted by Gasteiger charge is 2.18. The van der Waals surface area contributed by atoms with Gasteiger partial charge in [-0.3, -0.25) is 0 Å². The minimum Gasteiger partial charge on any atom is -0.465 e. The fourth-order valence-electron chi connectivity index (χ4n) is 1.72. The van der Waals surface area contributed by atoms with Gasteiger partial charge in [-0.2, -0.15) is 0 Å². The molecular formula is C14H9Cl2FO2. The van der Waals surface area contributed by atoms with Crippen LogP contribution in [0, 0.1) is 5.82 Å². The molecule has 0 aromatic heterocycles. The van der Waals surface area contributed by atoms with Crippen molar-refractivity contribution in [2.45, 2.75) is 0 Å². The molecule has 0 aliphatic heterocycles. The maximum atomic E-state index is 14.3. The summed E-state index contributed by atoms with van der Waals surface area (Å²) in [6.45, 7) is 0. The molecule has 2 aromatic carbocycles. The first kappa shape index (κ1) is 13.8. The Morgan fingerprint density at radius 3 is 2.42 bits per heavy atom. The number of methoxy groups -OCH3 is 1. The molecule has 2 aromatic rings. The number of ether oxygens (including phenoxy) is 1. The highest BCUT2D eigenvalue weighted by molar-refractivity contribution is 6.43. The first-order valence-corrected chi connectivity index (χ1v) is 6.13. The number of carbonyl (C=O) groups is 1. The predicted molar refractivity (Wildman–Crippen MR) is 73.2 cm³/mol. The van der Waals surface area contributed by atoms with E-state index in [-0.39, 0.29) is 16.1 Å². The van der Waals surface area contributed by atoms with Crippen molar-refractivity contribution < 1.29 is 13.9 Å². The lowest BCUT2D eigenvalue weighted by Gasteiger charge is -2.09. The smallest absolute Gasteiger partial charge is 0.340 e. The summed E-state index contributed by atoms with van der Waals surface area (Å²) in [5, 5.41) is 0.562. The van der Waals surface area contributed by atoms with Gasteiger partial charge in [-0.15, -0.1) is 0 Å². The predicted octanol–water partition coefficient (Wildman–Crippen LogP) is 4.59. The summed E-state index contributed by atoms with van der Waals surface area (Å²) in [5.41, 5.74) is 0.490. The fourth-order valence-corrected chi connectivity index (χ4v) is 2.12. The first-order valence-electron chi connectivity index (χ1n) is 5.37. The lowest BCUT2D eigenvalue weighted by molar-refractivity contribution is 0.0595.